The van der Waals surface area contributed by atoms with Crippen LogP contribution in [0, 0.1) is 9.49 Å². The van der Waals surface area contributed by atoms with Crippen molar-refractivity contribution < 1.29 is 9.90 Å². The number of aryl methyl sites for hydroxylation is 1. The average molecular weight is 483 g/mol. The number of rotatable bonds is 6. The van der Waals surface area contributed by atoms with Crippen molar-refractivity contribution in [1.29, 1.82) is 0 Å². The number of benzene rings is 3. The summed E-state index contributed by atoms with van der Waals surface area (Å²) in [6.07, 6.45) is 2.83. The summed E-state index contributed by atoms with van der Waals surface area (Å²) in [6.45, 7) is 0. The average Bonchev–Trinajstić information content (AvgIpc) is 2.72. The molecule has 4 heteroatoms. The van der Waals surface area contributed by atoms with E-state index >= 15 is 0 Å². The maximum atomic E-state index is 13.0. The predicted molar refractivity (Wildman–Crippen MR) is 120 cm³/mol. The van der Waals surface area contributed by atoms with Crippen molar-refractivity contribution >= 4 is 34.2 Å². The number of nitrogens with zero attached hydrogens (tertiary/aromatic N) is 1. The van der Waals surface area contributed by atoms with Gasteiger partial charge in [-0.1, -0.05) is 42.5 Å². The van der Waals surface area contributed by atoms with E-state index in [-0.39, 0.29) is 23.6 Å². The maximum Gasteiger partial charge on any atom is 0.233 e. The minimum atomic E-state index is -0.0208. The van der Waals surface area contributed by atoms with Crippen LogP contribution in [0.2, 0.25) is 0 Å². The van der Waals surface area contributed by atoms with E-state index in [9.17, 15) is 9.90 Å². The van der Waals surface area contributed by atoms with Gasteiger partial charge in [0, 0.05) is 9.26 Å². The number of aromatic hydroxyl groups is 1. The summed E-state index contributed by atoms with van der Waals surface area (Å²) >= 11 is 2.27. The molecule has 3 aromatic carbocycles. The Labute approximate surface area is 179 Å². The molecule has 28 heavy (non-hydrogen) atoms. The van der Waals surface area contributed by atoms with Gasteiger partial charge in [0.1, 0.15) is 5.75 Å². The van der Waals surface area contributed by atoms with Crippen molar-refractivity contribution in [2.24, 2.45) is 5.92 Å². The number of carbonyl (C=O) groups excluding carboxylic acids is 1. The zero-order valence-corrected chi connectivity index (χ0v) is 17.6. The van der Waals surface area contributed by atoms with E-state index in [1.165, 1.54) is 5.56 Å². The van der Waals surface area contributed by atoms with Crippen molar-refractivity contribution in [2.45, 2.75) is 25.3 Å². The van der Waals surface area contributed by atoms with Crippen LogP contribution < -0.4 is 4.90 Å². The fraction of sp³-hybridized carbons (Fsp3) is 0.208. The van der Waals surface area contributed by atoms with Crippen LogP contribution in [-0.4, -0.2) is 11.0 Å². The van der Waals surface area contributed by atoms with Crippen LogP contribution >= 0.6 is 22.6 Å². The fourth-order valence-electron chi connectivity index (χ4n) is 3.94. The SMILES string of the molecule is O=C1[C@@H](CCCc2ccccc2)[C@H](c2ccc(O)cc2)N1c1ccc(I)cc1. The number of hydrogen-bond donors (Lipinski definition) is 1. The van der Waals surface area contributed by atoms with Gasteiger partial charge in [-0.15, -0.1) is 0 Å². The van der Waals surface area contributed by atoms with Gasteiger partial charge in [-0.3, -0.25) is 4.79 Å². The summed E-state index contributed by atoms with van der Waals surface area (Å²) in [4.78, 5) is 14.9. The van der Waals surface area contributed by atoms with Crippen molar-refractivity contribution in [2.75, 3.05) is 4.90 Å². The zero-order valence-electron chi connectivity index (χ0n) is 15.5. The summed E-state index contributed by atoms with van der Waals surface area (Å²) in [5.41, 5.74) is 3.31. The molecule has 3 nitrogen and oxygen atoms in total. The Morgan fingerprint density at radius 1 is 0.893 bits per heavy atom. The van der Waals surface area contributed by atoms with Crippen LogP contribution in [0.5, 0.6) is 5.75 Å². The lowest BCUT2D eigenvalue weighted by Crippen LogP contribution is -2.55. The smallest absolute Gasteiger partial charge is 0.233 e. The zero-order chi connectivity index (χ0) is 19.5. The monoisotopic (exact) mass is 483 g/mol. The van der Waals surface area contributed by atoms with Crippen LogP contribution in [0.3, 0.4) is 0 Å². The Bertz CT molecular complexity index is 939. The molecule has 0 aromatic heterocycles. The van der Waals surface area contributed by atoms with Crippen molar-refractivity contribution in [3.8, 4) is 5.75 Å². The second-order valence-electron chi connectivity index (χ2n) is 7.21. The van der Waals surface area contributed by atoms with E-state index in [4.69, 9.17) is 0 Å². The number of carbonyl (C=O) groups is 1. The molecule has 3 aromatic rings. The van der Waals surface area contributed by atoms with Gasteiger partial charge < -0.3 is 10.0 Å². The molecule has 1 aliphatic rings. The highest BCUT2D eigenvalue weighted by atomic mass is 127. The summed E-state index contributed by atoms with van der Waals surface area (Å²) in [5.74, 6) is 0.413. The molecule has 1 fully saturated rings. The Morgan fingerprint density at radius 2 is 1.57 bits per heavy atom. The summed E-state index contributed by atoms with van der Waals surface area (Å²) in [7, 11) is 0. The predicted octanol–water partition coefficient (Wildman–Crippen LogP) is 5.72. The molecule has 1 aliphatic heterocycles. The number of halogens is 1. The van der Waals surface area contributed by atoms with E-state index in [0.29, 0.717) is 0 Å². The topological polar surface area (TPSA) is 40.5 Å². The number of phenols is 1. The van der Waals surface area contributed by atoms with E-state index in [0.717, 1.165) is 34.1 Å². The summed E-state index contributed by atoms with van der Waals surface area (Å²) in [5, 5.41) is 9.65. The third kappa shape index (κ3) is 3.92. The van der Waals surface area contributed by atoms with Crippen LogP contribution in [0.15, 0.2) is 78.9 Å². The molecule has 1 amide bonds. The van der Waals surface area contributed by atoms with E-state index < -0.39 is 0 Å². The molecule has 1 saturated heterocycles. The Hall–Kier alpha value is -2.34. The molecule has 2 atom stereocenters. The van der Waals surface area contributed by atoms with E-state index in [2.05, 4.69) is 46.9 Å². The molecule has 1 heterocycles. The highest BCUT2D eigenvalue weighted by Gasteiger charge is 2.48. The van der Waals surface area contributed by atoms with Gasteiger partial charge in [0.05, 0.1) is 12.0 Å². The van der Waals surface area contributed by atoms with E-state index in [1.54, 1.807) is 12.1 Å². The van der Waals surface area contributed by atoms with Gasteiger partial charge in [-0.2, -0.15) is 0 Å². The summed E-state index contributed by atoms with van der Waals surface area (Å²) in [6, 6.07) is 25.8. The normalized spacial score (nSPS) is 18.8. The number of phenolic OH excluding ortho intramolecular Hbond substituents is 1. The van der Waals surface area contributed by atoms with Crippen LogP contribution in [0.1, 0.15) is 30.0 Å². The first kappa shape index (κ1) is 19.0. The standard InChI is InChI=1S/C24H22INO2/c25-19-11-13-20(14-12-19)26-23(18-9-15-21(27)16-10-18)22(24(26)28)8-4-7-17-5-2-1-3-6-17/h1-3,5-6,9-16,22-23,27H,4,7-8H2/t22-,23-/m0/s1. The lowest BCUT2D eigenvalue weighted by molar-refractivity contribution is -0.130. The molecular formula is C24H22INO2. The van der Waals surface area contributed by atoms with Crippen LogP contribution in [0.25, 0.3) is 0 Å². The lowest BCUT2D eigenvalue weighted by atomic mass is 9.78. The first-order valence-corrected chi connectivity index (χ1v) is 10.6. The Morgan fingerprint density at radius 3 is 2.25 bits per heavy atom. The lowest BCUT2D eigenvalue weighted by Gasteiger charge is -2.47. The van der Waals surface area contributed by atoms with Gasteiger partial charge in [0.25, 0.3) is 0 Å². The molecule has 0 aliphatic carbocycles. The van der Waals surface area contributed by atoms with E-state index in [1.807, 2.05) is 47.4 Å². The highest BCUT2D eigenvalue weighted by molar-refractivity contribution is 14.1. The van der Waals surface area contributed by atoms with Crippen molar-refractivity contribution in [3.63, 3.8) is 0 Å². The first-order chi connectivity index (χ1) is 13.6. The molecule has 1 N–H and O–H groups in total. The quantitative estimate of drug-likeness (QED) is 0.360. The fourth-order valence-corrected chi connectivity index (χ4v) is 4.30. The summed E-state index contributed by atoms with van der Waals surface area (Å²) < 4.78 is 1.15. The molecule has 0 spiro atoms. The Balaban J connectivity index is 1.53. The maximum absolute atomic E-state index is 13.0. The number of amides is 1. The van der Waals surface area contributed by atoms with Gasteiger partial charge in [0.15, 0.2) is 0 Å². The third-order valence-corrected chi connectivity index (χ3v) is 6.10. The minimum absolute atomic E-state index is 0.0175. The van der Waals surface area contributed by atoms with Gasteiger partial charge >= 0.3 is 0 Å². The molecule has 142 valence electrons. The molecule has 4 rings (SSSR count). The van der Waals surface area contributed by atoms with Gasteiger partial charge in [-0.25, -0.2) is 0 Å². The van der Waals surface area contributed by atoms with Crippen LogP contribution in [-0.2, 0) is 11.2 Å². The Kier molecular flexibility index (Phi) is 5.67. The highest BCUT2D eigenvalue weighted by Crippen LogP contribution is 2.46. The molecule has 0 bridgehead atoms. The molecule has 0 saturated carbocycles. The minimum Gasteiger partial charge on any atom is -0.508 e. The second kappa shape index (κ2) is 8.35. The largest absolute Gasteiger partial charge is 0.508 e. The molecule has 0 unspecified atom stereocenters. The third-order valence-electron chi connectivity index (χ3n) is 5.38. The second-order valence-corrected chi connectivity index (χ2v) is 8.45. The van der Waals surface area contributed by atoms with Gasteiger partial charge in [0.2, 0.25) is 5.91 Å². The van der Waals surface area contributed by atoms with Crippen molar-refractivity contribution in [3.05, 3.63) is 93.6 Å². The first-order valence-electron chi connectivity index (χ1n) is 9.55. The number of hydrogen-bond acceptors (Lipinski definition) is 2. The number of β-lactam (4-membered cyclic amide) rings is 1. The molecular weight excluding hydrogens is 461 g/mol. The molecule has 0 radical (unpaired) electrons. The number of anilines is 1. The van der Waals surface area contributed by atoms with Gasteiger partial charge in [-0.05, 0) is 89.4 Å². The van der Waals surface area contributed by atoms with Crippen molar-refractivity contribution in [1.82, 2.24) is 0 Å². The van der Waals surface area contributed by atoms with Crippen LogP contribution in [0.4, 0.5) is 5.69 Å².